The zero-order chi connectivity index (χ0) is 50.6. The Labute approximate surface area is 474 Å². The van der Waals surface area contributed by atoms with E-state index in [0.717, 1.165) is 46.8 Å². The van der Waals surface area contributed by atoms with Crippen molar-refractivity contribution in [2.75, 3.05) is 0 Å². The summed E-state index contributed by atoms with van der Waals surface area (Å²) >= 11 is 17.4. The second-order valence-corrected chi connectivity index (χ2v) is 31.3. The van der Waals surface area contributed by atoms with E-state index in [9.17, 15) is 0 Å². The van der Waals surface area contributed by atoms with Gasteiger partial charge in [0.2, 0.25) is 7.28 Å². The molecule has 0 spiro atoms. The van der Waals surface area contributed by atoms with Crippen molar-refractivity contribution in [2.24, 2.45) is 0 Å². The second kappa shape index (κ2) is 16.1. The number of rotatable bonds is 8. The molecule has 0 atom stereocenters. The molecule has 3 aliphatic rings. The molecule has 3 aromatic carbocycles. The zero-order valence-corrected chi connectivity index (χ0v) is 49.9. The van der Waals surface area contributed by atoms with Crippen LogP contribution in [0.1, 0.15) is 95.8 Å². The lowest BCUT2D eigenvalue weighted by Crippen LogP contribution is -2.22. The van der Waals surface area contributed by atoms with Crippen molar-refractivity contribution in [3.05, 3.63) is 139 Å². The first kappa shape index (κ1) is 46.2. The molecular weight excluding hydrogens is 1110 g/mol. The lowest BCUT2D eigenvalue weighted by molar-refractivity contribution is 0.663. The first-order valence-corrected chi connectivity index (χ1v) is 32.7. The van der Waals surface area contributed by atoms with Crippen LogP contribution in [0.4, 0.5) is 0 Å². The van der Waals surface area contributed by atoms with Crippen LogP contribution in [0.2, 0.25) is 0 Å². The lowest BCUT2D eigenvalue weighted by atomic mass is 9.73. The Balaban J connectivity index is 0.660. The number of aryl methyl sites for hydroxylation is 2. The van der Waals surface area contributed by atoms with Crippen LogP contribution in [0.3, 0.4) is 0 Å². The van der Waals surface area contributed by atoms with Gasteiger partial charge in [-0.05, 0) is 104 Å². The third-order valence-corrected chi connectivity index (χ3v) is 26.3. The molecule has 16 rings (SSSR count). The molecule has 0 amide bonds. The molecule has 0 aliphatic heterocycles. The van der Waals surface area contributed by atoms with Crippen molar-refractivity contribution in [2.45, 2.75) is 78.1 Å². The molecule has 17 heteroatoms. The second-order valence-electron chi connectivity index (χ2n) is 21.8. The molecule has 0 N–H and O–H groups in total. The van der Waals surface area contributed by atoms with Gasteiger partial charge in [0.15, 0.2) is 0 Å². The van der Waals surface area contributed by atoms with E-state index in [1.165, 1.54) is 170 Å². The number of nitrogens with zero attached hydrogens (tertiary/aromatic N) is 6. The molecule has 6 nitrogen and oxygen atoms in total. The Morgan fingerprint density at radius 1 is 0.373 bits per heavy atom. The van der Waals surface area contributed by atoms with Crippen molar-refractivity contribution in [1.29, 1.82) is 0 Å². The van der Waals surface area contributed by atoms with Crippen molar-refractivity contribution in [1.82, 2.24) is 26.2 Å². The van der Waals surface area contributed by atoms with Gasteiger partial charge in [-0.2, -0.15) is 37.6 Å². The van der Waals surface area contributed by atoms with E-state index in [2.05, 4.69) is 145 Å². The smallest absolute Gasteiger partial charge is 0.173 e. The third-order valence-electron chi connectivity index (χ3n) is 16.2. The highest BCUT2D eigenvalue weighted by atomic mass is 32.1. The molecule has 0 saturated heterocycles. The van der Waals surface area contributed by atoms with Crippen LogP contribution in [0.25, 0.3) is 104 Å². The van der Waals surface area contributed by atoms with Gasteiger partial charge >= 0.3 is 0 Å². The van der Waals surface area contributed by atoms with Crippen molar-refractivity contribution >= 4 is 164 Å². The van der Waals surface area contributed by atoms with Crippen LogP contribution in [0, 0.1) is 13.8 Å². The predicted molar refractivity (Wildman–Crippen MR) is 331 cm³/mol. The average molecular weight is 1150 g/mol. The molecular formula is C58H41BN6S10. The maximum absolute atomic E-state index is 4.98. The summed E-state index contributed by atoms with van der Waals surface area (Å²) in [5.41, 5.74) is 21.7. The van der Waals surface area contributed by atoms with E-state index >= 15 is 0 Å². The summed E-state index contributed by atoms with van der Waals surface area (Å²) in [6.45, 7) is 18.6. The number of benzene rings is 3. The number of fused-ring (bicyclic) bond motifs is 12. The van der Waals surface area contributed by atoms with E-state index in [1.807, 2.05) is 79.4 Å². The van der Waals surface area contributed by atoms with Crippen LogP contribution in [-0.2, 0) is 22.7 Å². The fraction of sp³-hybridized carbons (Fsp3) is 0.207. The minimum Gasteiger partial charge on any atom is -0.173 e. The van der Waals surface area contributed by atoms with Gasteiger partial charge in [-0.25, -0.2) is 0 Å². The molecule has 13 aromatic rings. The predicted octanol–water partition coefficient (Wildman–Crippen LogP) is 17.3. The molecule has 0 bridgehead atoms. The normalized spacial score (nSPS) is 15.3. The van der Waals surface area contributed by atoms with Gasteiger partial charge in [-0.1, -0.05) is 90.1 Å². The van der Waals surface area contributed by atoms with Gasteiger partial charge in [0, 0.05) is 103 Å². The summed E-state index contributed by atoms with van der Waals surface area (Å²) in [7, 11) is 0.915. The van der Waals surface area contributed by atoms with Crippen molar-refractivity contribution in [3.8, 4) is 71.0 Å². The summed E-state index contributed by atoms with van der Waals surface area (Å²) < 4.78 is 31.9. The number of aromatic nitrogens is 6. The number of thiophene rings is 7. The standard InChI is InChI=1S/C58H41BN6S10/c1-24-9-11-29(46-44(24)60-73-62-46)39-21-35-53(70-39)51-33(57(35,5)6)19-27(67-51)18-26-10-12-30(47-45(26)61-74-63-47)40-22-36-54(71-40)55-37(58(36,7)8)23-43(72-55)59-42-16-15-38(68-42)28-13-14-31(49-48(28)64-75-65-49)41-20-34-52(69-41)50-32(56(34,3)4)17-25(2)66-50/h9-17,19-23,59H,18H2,1-8H3. The van der Waals surface area contributed by atoms with Gasteiger partial charge in [0.1, 0.15) is 33.1 Å². The van der Waals surface area contributed by atoms with Gasteiger partial charge in [0.25, 0.3) is 0 Å². The average Bonchev–Trinajstić information content (AvgIpc) is 4.36. The van der Waals surface area contributed by atoms with Crippen LogP contribution in [0.15, 0.2) is 84.9 Å². The number of hydrogen-bond acceptors (Lipinski definition) is 16. The molecule has 3 aliphatic carbocycles. The molecule has 75 heavy (non-hydrogen) atoms. The van der Waals surface area contributed by atoms with Crippen LogP contribution in [-0.4, -0.2) is 33.5 Å². The van der Waals surface area contributed by atoms with E-state index in [-0.39, 0.29) is 16.2 Å². The first-order valence-electron chi connectivity index (χ1n) is 24.8. The maximum atomic E-state index is 4.98. The zero-order valence-electron chi connectivity index (χ0n) is 41.8. The van der Waals surface area contributed by atoms with Crippen LogP contribution in [0.5, 0.6) is 0 Å². The molecule has 0 fully saturated rings. The van der Waals surface area contributed by atoms with E-state index in [1.54, 1.807) is 0 Å². The largest absolute Gasteiger partial charge is 0.218 e. The third kappa shape index (κ3) is 6.60. The fourth-order valence-electron chi connectivity index (χ4n) is 12.1. The quantitative estimate of drug-likeness (QED) is 0.141. The van der Waals surface area contributed by atoms with Crippen molar-refractivity contribution < 1.29 is 0 Å². The summed E-state index contributed by atoms with van der Waals surface area (Å²) in [5, 5.41) is 0. The topological polar surface area (TPSA) is 77.3 Å². The number of hydrogen-bond donors (Lipinski definition) is 0. The minimum atomic E-state index is -0.0937. The van der Waals surface area contributed by atoms with Crippen LogP contribution >= 0.6 is 115 Å². The SMILES string of the molecule is Cc1cc2c(s1)-c1sc(-c3ccc(-c4ccc(Bc5cc6c(s5)-c5sc(-c7ccc(Cc8cc9c(s8)-c8sc(-c%10ccc(C)c%11nsnc%10%11)cc8C9(C)C)c8nsnc78)cc5C6(C)C)s4)c4nsnc34)cc1C2(C)C. The fourth-order valence-corrected chi connectivity index (χ4v) is 23.4. The summed E-state index contributed by atoms with van der Waals surface area (Å²) in [6, 6.07) is 32.8. The van der Waals surface area contributed by atoms with E-state index in [0.29, 0.717) is 0 Å². The highest BCUT2D eigenvalue weighted by molar-refractivity contribution is 7.33. The molecule has 0 unspecified atom stereocenters. The Morgan fingerprint density at radius 3 is 1.43 bits per heavy atom. The Morgan fingerprint density at radius 2 is 0.813 bits per heavy atom. The minimum absolute atomic E-state index is 0.0104. The Kier molecular flexibility index (Phi) is 9.91. The highest BCUT2D eigenvalue weighted by Crippen LogP contribution is 2.60. The molecule has 366 valence electrons. The molecule has 0 radical (unpaired) electrons. The first-order chi connectivity index (χ1) is 36.2. The van der Waals surface area contributed by atoms with E-state index in [4.69, 9.17) is 21.9 Å². The van der Waals surface area contributed by atoms with Gasteiger partial charge in [0.05, 0.1) is 35.2 Å². The Hall–Kier alpha value is -4.92. The summed E-state index contributed by atoms with van der Waals surface area (Å²) in [5.74, 6) is 0. The molecule has 10 aromatic heterocycles. The summed E-state index contributed by atoms with van der Waals surface area (Å²) in [6.07, 6.45) is 0.832. The van der Waals surface area contributed by atoms with Gasteiger partial charge in [-0.3, -0.25) is 0 Å². The Bertz CT molecular complexity index is 4580. The molecule has 10 heterocycles. The van der Waals surface area contributed by atoms with Gasteiger partial charge < -0.3 is 0 Å². The lowest BCUT2D eigenvalue weighted by Gasteiger charge is -2.19. The van der Waals surface area contributed by atoms with E-state index < -0.39 is 0 Å². The maximum Gasteiger partial charge on any atom is 0.218 e. The highest BCUT2D eigenvalue weighted by Gasteiger charge is 2.42. The molecule has 0 saturated carbocycles. The van der Waals surface area contributed by atoms with Gasteiger partial charge in [-0.15, -0.1) is 68.0 Å². The van der Waals surface area contributed by atoms with Crippen LogP contribution < -0.4 is 9.55 Å². The summed E-state index contributed by atoms with van der Waals surface area (Å²) in [4.78, 5) is 16.3. The van der Waals surface area contributed by atoms with Crippen molar-refractivity contribution in [3.63, 3.8) is 0 Å². The monoisotopic (exact) mass is 1150 g/mol.